The second kappa shape index (κ2) is 7.95. The number of aromatic nitrogens is 2. The van der Waals surface area contributed by atoms with E-state index in [-0.39, 0.29) is 18.7 Å². The molecule has 7 heteroatoms. The molecule has 2 aromatic heterocycles. The normalized spacial score (nSPS) is 16.0. The minimum absolute atomic E-state index is 0.0496. The van der Waals surface area contributed by atoms with Gasteiger partial charge >= 0.3 is 0 Å². The molecule has 1 aromatic carbocycles. The van der Waals surface area contributed by atoms with Crippen molar-refractivity contribution in [2.75, 3.05) is 18.6 Å². The maximum absolute atomic E-state index is 13.2. The van der Waals surface area contributed by atoms with Crippen LogP contribution in [0.25, 0.3) is 11.1 Å². The van der Waals surface area contributed by atoms with E-state index in [9.17, 15) is 9.90 Å². The molecule has 0 saturated carbocycles. The van der Waals surface area contributed by atoms with E-state index in [1.165, 1.54) is 11.3 Å². The summed E-state index contributed by atoms with van der Waals surface area (Å²) in [6.07, 6.45) is 4.06. The molecule has 1 aliphatic heterocycles. The minimum atomic E-state index is -0.0714. The molecule has 0 saturated heterocycles. The van der Waals surface area contributed by atoms with E-state index in [2.05, 4.69) is 28.5 Å². The summed E-state index contributed by atoms with van der Waals surface area (Å²) in [4.78, 5) is 16.4. The summed E-state index contributed by atoms with van der Waals surface area (Å²) in [5.74, 6) is 0. The zero-order valence-corrected chi connectivity index (χ0v) is 17.5. The highest BCUT2D eigenvalue weighted by atomic mass is 32.2. The summed E-state index contributed by atoms with van der Waals surface area (Å²) >= 11 is 3.11. The topological polar surface area (TPSA) is 49.4 Å². The van der Waals surface area contributed by atoms with Gasteiger partial charge in [0.1, 0.15) is 20.8 Å². The number of fused-ring (bicyclic) bond motifs is 1. The minimum Gasteiger partial charge on any atom is -0.395 e. The fourth-order valence-electron chi connectivity index (χ4n) is 3.32. The molecule has 0 radical (unpaired) electrons. The fraction of sp³-hybridized carbons (Fsp3) is 0.238. The molecule has 1 aliphatic rings. The lowest BCUT2D eigenvalue weighted by molar-refractivity contribution is -0.695. The molecule has 3 aromatic rings. The van der Waals surface area contributed by atoms with Crippen LogP contribution in [-0.4, -0.2) is 23.3 Å². The zero-order chi connectivity index (χ0) is 19.7. The number of rotatable bonds is 4. The van der Waals surface area contributed by atoms with Gasteiger partial charge in [0, 0.05) is 30.2 Å². The molecule has 3 heterocycles. The third-order valence-electron chi connectivity index (χ3n) is 4.76. The molecule has 4 rings (SSSR count). The van der Waals surface area contributed by atoms with Crippen molar-refractivity contribution in [2.45, 2.75) is 24.9 Å². The molecule has 0 fully saturated rings. The van der Waals surface area contributed by atoms with Crippen LogP contribution in [0.3, 0.4) is 0 Å². The maximum atomic E-state index is 13.2. The van der Waals surface area contributed by atoms with Crippen LogP contribution in [0.15, 0.2) is 58.4 Å². The van der Waals surface area contributed by atoms with Crippen LogP contribution in [0.2, 0.25) is 0 Å². The fourth-order valence-corrected chi connectivity index (χ4v) is 5.74. The highest BCUT2D eigenvalue weighted by Gasteiger charge is 2.24. The lowest BCUT2D eigenvalue weighted by atomic mass is 10.3. The number of hydrogen-bond acceptors (Lipinski definition) is 5. The van der Waals surface area contributed by atoms with Gasteiger partial charge in [0.25, 0.3) is 5.56 Å². The summed E-state index contributed by atoms with van der Waals surface area (Å²) in [6.45, 7) is 3.16. The number of aryl methyl sites for hydroxylation is 1. The van der Waals surface area contributed by atoms with E-state index >= 15 is 0 Å². The van der Waals surface area contributed by atoms with Crippen molar-refractivity contribution in [3.63, 3.8) is 0 Å². The van der Waals surface area contributed by atoms with Gasteiger partial charge in [-0.1, -0.05) is 23.9 Å². The predicted octanol–water partition coefficient (Wildman–Crippen LogP) is 1.35. The van der Waals surface area contributed by atoms with Gasteiger partial charge in [0.2, 0.25) is 5.69 Å². The summed E-state index contributed by atoms with van der Waals surface area (Å²) in [6, 6.07) is 14.2. The van der Waals surface area contributed by atoms with Gasteiger partial charge < -0.3 is 10.0 Å². The lowest BCUT2D eigenvalue weighted by Crippen LogP contribution is -2.37. The first-order valence-corrected chi connectivity index (χ1v) is 10.8. The Kier molecular flexibility index (Phi) is 5.39. The largest absolute Gasteiger partial charge is 0.395 e. The molecule has 5 nitrogen and oxygen atoms in total. The molecule has 1 N–H and O–H groups in total. The van der Waals surface area contributed by atoms with E-state index in [1.807, 2.05) is 49.7 Å². The Morgan fingerprint density at radius 3 is 2.71 bits per heavy atom. The van der Waals surface area contributed by atoms with Gasteiger partial charge in [-0.3, -0.25) is 9.36 Å². The van der Waals surface area contributed by atoms with Gasteiger partial charge in [0.05, 0.1) is 18.8 Å². The number of para-hydroxylation sites is 1. The molecular formula is C21H22N3O2S2+. The van der Waals surface area contributed by atoms with E-state index in [0.717, 1.165) is 32.5 Å². The standard InChI is InChI=1S/C21H22N3O2S2/c1-3-23-11-7-6-8-15(23)14-18-24(12-13-25)20(26)19(28-18)21-22(2)16-9-4-5-10-17(16)27-21/h4-11,14,25H,3,12-13H2,1-2H3/q+1/b21-19-. The van der Waals surface area contributed by atoms with Gasteiger partial charge in [-0.05, 0) is 25.1 Å². The third-order valence-corrected chi connectivity index (χ3v) is 7.24. The number of hydrogen-bond donors (Lipinski definition) is 1. The van der Waals surface area contributed by atoms with Gasteiger partial charge in [-0.2, -0.15) is 4.57 Å². The van der Waals surface area contributed by atoms with Crippen LogP contribution < -0.4 is 24.2 Å². The van der Waals surface area contributed by atoms with E-state index in [1.54, 1.807) is 16.3 Å². The number of anilines is 1. The van der Waals surface area contributed by atoms with Crippen molar-refractivity contribution < 1.29 is 9.67 Å². The van der Waals surface area contributed by atoms with E-state index in [0.29, 0.717) is 4.53 Å². The predicted molar refractivity (Wildman–Crippen MR) is 115 cm³/mol. The Labute approximate surface area is 171 Å². The Bertz CT molecular complexity index is 1200. The molecule has 0 amide bonds. The first-order valence-electron chi connectivity index (χ1n) is 9.19. The molecule has 0 aliphatic carbocycles. The van der Waals surface area contributed by atoms with E-state index in [4.69, 9.17) is 0 Å². The SMILES string of the molecule is CC[n+]1ccccc1/C=c1\s/c(=C2\Sc3ccccc3N2C)c(=O)n1CCO. The summed E-state index contributed by atoms with van der Waals surface area (Å²) in [5.41, 5.74) is 2.10. The Balaban J connectivity index is 1.94. The number of nitrogens with zero attached hydrogens (tertiary/aromatic N) is 3. The molecular weight excluding hydrogens is 390 g/mol. The van der Waals surface area contributed by atoms with Crippen molar-refractivity contribution in [3.05, 3.63) is 73.9 Å². The van der Waals surface area contributed by atoms with Crippen molar-refractivity contribution in [1.82, 2.24) is 4.57 Å². The van der Waals surface area contributed by atoms with E-state index < -0.39 is 0 Å². The van der Waals surface area contributed by atoms with Crippen molar-refractivity contribution in [2.24, 2.45) is 0 Å². The number of aliphatic hydroxyl groups is 1. The number of pyridine rings is 1. The average Bonchev–Trinajstić information content (AvgIpc) is 3.20. The van der Waals surface area contributed by atoms with Crippen LogP contribution in [0.4, 0.5) is 5.69 Å². The number of benzene rings is 1. The Morgan fingerprint density at radius 2 is 1.96 bits per heavy atom. The number of thiazole rings is 1. The first-order chi connectivity index (χ1) is 13.6. The zero-order valence-electron chi connectivity index (χ0n) is 15.8. The second-order valence-electron chi connectivity index (χ2n) is 6.44. The van der Waals surface area contributed by atoms with Crippen LogP contribution in [0.5, 0.6) is 0 Å². The molecule has 28 heavy (non-hydrogen) atoms. The van der Waals surface area contributed by atoms with Crippen molar-refractivity contribution in [1.29, 1.82) is 0 Å². The van der Waals surface area contributed by atoms with Crippen LogP contribution in [0.1, 0.15) is 12.6 Å². The first kappa shape index (κ1) is 19.0. The molecule has 0 unspecified atom stereocenters. The molecule has 144 valence electrons. The van der Waals surface area contributed by atoms with Crippen molar-refractivity contribution >= 4 is 39.9 Å². The summed E-state index contributed by atoms with van der Waals surface area (Å²) in [5, 5.41) is 10.5. The maximum Gasteiger partial charge on any atom is 0.271 e. The van der Waals surface area contributed by atoms with Crippen LogP contribution in [-0.2, 0) is 13.1 Å². The number of aliphatic hydroxyl groups excluding tert-OH is 1. The van der Waals surface area contributed by atoms with Crippen LogP contribution >= 0.6 is 23.1 Å². The smallest absolute Gasteiger partial charge is 0.271 e. The van der Waals surface area contributed by atoms with Gasteiger partial charge in [0.15, 0.2) is 6.20 Å². The monoisotopic (exact) mass is 412 g/mol. The summed E-state index contributed by atoms with van der Waals surface area (Å²) in [7, 11) is 2.00. The Morgan fingerprint density at radius 1 is 1.18 bits per heavy atom. The quantitative estimate of drug-likeness (QED) is 0.658. The van der Waals surface area contributed by atoms with Gasteiger partial charge in [-0.25, -0.2) is 0 Å². The molecule has 0 atom stereocenters. The van der Waals surface area contributed by atoms with Crippen LogP contribution in [0, 0.1) is 0 Å². The number of thioether (sulfide) groups is 1. The highest BCUT2D eigenvalue weighted by molar-refractivity contribution is 8.08. The van der Waals surface area contributed by atoms with Crippen molar-refractivity contribution in [3.8, 4) is 0 Å². The molecule has 0 bridgehead atoms. The second-order valence-corrected chi connectivity index (χ2v) is 8.50. The van der Waals surface area contributed by atoms with Gasteiger partial charge in [-0.15, -0.1) is 11.3 Å². The Hall–Kier alpha value is -2.35. The third kappa shape index (κ3) is 3.30. The lowest BCUT2D eigenvalue weighted by Gasteiger charge is -2.11. The molecule has 0 spiro atoms. The highest BCUT2D eigenvalue weighted by Crippen LogP contribution is 2.44. The summed E-state index contributed by atoms with van der Waals surface area (Å²) < 4.78 is 5.37. The average molecular weight is 413 g/mol.